The molecule has 1 aromatic carbocycles. The summed E-state index contributed by atoms with van der Waals surface area (Å²) in [7, 11) is 0. The number of aliphatic hydroxyl groups is 1. The summed E-state index contributed by atoms with van der Waals surface area (Å²) in [5, 5.41) is 12.6. The number of amides is 3. The van der Waals surface area contributed by atoms with Gasteiger partial charge in [-0.05, 0) is 24.3 Å². The number of carbonyl (C=O) groups excluding carboxylic acids is 2. The standard InChI is InChI=1S/C17H23ClN4O3/c18-13-1-3-15(4-2-13)22-12-14(11-16(22)24)19-17(25)21-7-5-20(6-8-21)9-10-23/h1-4,14,23H,5-12H2,(H,19,25)/p+1/t14-/m1/s1. The Morgan fingerprint density at radius 3 is 2.60 bits per heavy atom. The van der Waals surface area contributed by atoms with Gasteiger partial charge in [-0.25, -0.2) is 4.79 Å². The third-order valence-corrected chi connectivity index (χ3v) is 5.07. The summed E-state index contributed by atoms with van der Waals surface area (Å²) in [6.45, 7) is 4.39. The van der Waals surface area contributed by atoms with E-state index in [1.54, 1.807) is 21.9 Å². The molecule has 0 unspecified atom stereocenters. The summed E-state index contributed by atoms with van der Waals surface area (Å²) in [6, 6.07) is 6.84. The van der Waals surface area contributed by atoms with Crippen LogP contribution in [0.5, 0.6) is 0 Å². The second kappa shape index (κ2) is 8.03. The van der Waals surface area contributed by atoms with Crippen LogP contribution in [0.3, 0.4) is 0 Å². The van der Waals surface area contributed by atoms with Crippen LogP contribution in [0.2, 0.25) is 5.02 Å². The number of hydrogen-bond acceptors (Lipinski definition) is 3. The largest absolute Gasteiger partial charge is 0.391 e. The van der Waals surface area contributed by atoms with Gasteiger partial charge in [-0.3, -0.25) is 4.79 Å². The molecule has 0 radical (unpaired) electrons. The Labute approximate surface area is 152 Å². The van der Waals surface area contributed by atoms with E-state index in [0.29, 0.717) is 31.1 Å². The Bertz CT molecular complexity index is 617. The van der Waals surface area contributed by atoms with Crippen LogP contribution in [0.1, 0.15) is 6.42 Å². The van der Waals surface area contributed by atoms with Crippen molar-refractivity contribution < 1.29 is 19.6 Å². The van der Waals surface area contributed by atoms with E-state index in [-0.39, 0.29) is 24.6 Å². The number of benzene rings is 1. The van der Waals surface area contributed by atoms with E-state index in [0.717, 1.165) is 25.3 Å². The van der Waals surface area contributed by atoms with Crippen LogP contribution in [-0.2, 0) is 4.79 Å². The van der Waals surface area contributed by atoms with Crippen LogP contribution in [0, 0.1) is 0 Å². The summed E-state index contributed by atoms with van der Waals surface area (Å²) < 4.78 is 0. The maximum absolute atomic E-state index is 12.4. The van der Waals surface area contributed by atoms with E-state index in [1.165, 1.54) is 4.90 Å². The number of aliphatic hydroxyl groups excluding tert-OH is 1. The molecule has 25 heavy (non-hydrogen) atoms. The number of urea groups is 1. The van der Waals surface area contributed by atoms with E-state index in [4.69, 9.17) is 16.7 Å². The van der Waals surface area contributed by atoms with Gasteiger partial charge in [-0.2, -0.15) is 0 Å². The van der Waals surface area contributed by atoms with Crippen molar-refractivity contribution in [2.24, 2.45) is 0 Å². The molecule has 3 N–H and O–H groups in total. The van der Waals surface area contributed by atoms with Gasteiger partial charge in [0.05, 0.1) is 38.8 Å². The molecule has 0 aliphatic carbocycles. The van der Waals surface area contributed by atoms with Crippen molar-refractivity contribution in [1.82, 2.24) is 10.2 Å². The van der Waals surface area contributed by atoms with Gasteiger partial charge >= 0.3 is 6.03 Å². The lowest BCUT2D eigenvalue weighted by Crippen LogP contribution is -3.15. The van der Waals surface area contributed by atoms with Crippen LogP contribution in [0.4, 0.5) is 10.5 Å². The Morgan fingerprint density at radius 2 is 1.96 bits per heavy atom. The van der Waals surface area contributed by atoms with Gasteiger partial charge in [0.1, 0.15) is 6.54 Å². The average Bonchev–Trinajstić information content (AvgIpc) is 2.97. The minimum atomic E-state index is -0.182. The molecule has 0 bridgehead atoms. The molecule has 8 heteroatoms. The number of piperazine rings is 1. The molecular weight excluding hydrogens is 344 g/mol. The fraction of sp³-hybridized carbons (Fsp3) is 0.529. The number of hydrogen-bond donors (Lipinski definition) is 3. The summed E-state index contributed by atoms with van der Waals surface area (Å²) >= 11 is 5.89. The molecule has 136 valence electrons. The van der Waals surface area contributed by atoms with Crippen molar-refractivity contribution in [3.8, 4) is 0 Å². The Morgan fingerprint density at radius 1 is 1.28 bits per heavy atom. The van der Waals surface area contributed by atoms with Crippen molar-refractivity contribution in [2.75, 3.05) is 50.8 Å². The topological polar surface area (TPSA) is 77.3 Å². The lowest BCUT2D eigenvalue weighted by atomic mass is 10.2. The van der Waals surface area contributed by atoms with Gasteiger partial charge in [-0.1, -0.05) is 11.6 Å². The summed E-state index contributed by atoms with van der Waals surface area (Å²) in [5.41, 5.74) is 0.798. The highest BCUT2D eigenvalue weighted by molar-refractivity contribution is 6.30. The van der Waals surface area contributed by atoms with Crippen LogP contribution >= 0.6 is 11.6 Å². The molecule has 3 rings (SSSR count). The van der Waals surface area contributed by atoms with Crippen molar-refractivity contribution in [1.29, 1.82) is 0 Å². The summed E-state index contributed by atoms with van der Waals surface area (Å²) in [4.78, 5) is 29.5. The molecule has 0 spiro atoms. The quantitative estimate of drug-likeness (QED) is 0.661. The highest BCUT2D eigenvalue weighted by atomic mass is 35.5. The Balaban J connectivity index is 1.51. The van der Waals surface area contributed by atoms with E-state index >= 15 is 0 Å². The fourth-order valence-electron chi connectivity index (χ4n) is 3.37. The van der Waals surface area contributed by atoms with E-state index in [9.17, 15) is 9.59 Å². The molecule has 1 atom stereocenters. The zero-order chi connectivity index (χ0) is 17.8. The molecule has 2 fully saturated rings. The zero-order valence-electron chi connectivity index (χ0n) is 14.1. The van der Waals surface area contributed by atoms with Gasteiger partial charge in [0.25, 0.3) is 0 Å². The van der Waals surface area contributed by atoms with Crippen LogP contribution in [0.15, 0.2) is 24.3 Å². The fourth-order valence-corrected chi connectivity index (χ4v) is 3.50. The first-order valence-corrected chi connectivity index (χ1v) is 9.00. The molecule has 1 aromatic rings. The average molecular weight is 368 g/mol. The second-order valence-electron chi connectivity index (χ2n) is 6.54. The minimum absolute atomic E-state index is 0.00447. The van der Waals surface area contributed by atoms with Crippen molar-refractivity contribution in [2.45, 2.75) is 12.5 Å². The van der Waals surface area contributed by atoms with Crippen LogP contribution in [-0.4, -0.2) is 73.9 Å². The molecule has 0 saturated carbocycles. The molecule has 3 amide bonds. The monoisotopic (exact) mass is 367 g/mol. The highest BCUT2D eigenvalue weighted by Gasteiger charge is 2.33. The molecule has 0 aromatic heterocycles. The SMILES string of the molecule is O=C(N[C@@H]1CC(=O)N(c2ccc(Cl)cc2)C1)N1CC[NH+](CCO)CC1. The molecular formula is C17H24ClN4O3+. The van der Waals surface area contributed by atoms with E-state index in [1.807, 2.05) is 12.1 Å². The first-order chi connectivity index (χ1) is 12.1. The Kier molecular flexibility index (Phi) is 5.78. The van der Waals surface area contributed by atoms with Gasteiger partial charge in [-0.15, -0.1) is 0 Å². The first kappa shape index (κ1) is 18.0. The van der Waals surface area contributed by atoms with Crippen LogP contribution < -0.4 is 15.1 Å². The number of nitrogens with zero attached hydrogens (tertiary/aromatic N) is 2. The number of anilines is 1. The second-order valence-corrected chi connectivity index (χ2v) is 6.98. The first-order valence-electron chi connectivity index (χ1n) is 8.62. The van der Waals surface area contributed by atoms with Crippen LogP contribution in [0.25, 0.3) is 0 Å². The smallest absolute Gasteiger partial charge is 0.318 e. The van der Waals surface area contributed by atoms with Gasteiger partial charge in [0.15, 0.2) is 0 Å². The van der Waals surface area contributed by atoms with Gasteiger partial charge < -0.3 is 25.1 Å². The predicted octanol–water partition coefficient (Wildman–Crippen LogP) is -0.652. The number of nitrogens with one attached hydrogen (secondary N) is 2. The van der Waals surface area contributed by atoms with Crippen molar-refractivity contribution >= 4 is 29.2 Å². The van der Waals surface area contributed by atoms with Crippen molar-refractivity contribution in [3.05, 3.63) is 29.3 Å². The third-order valence-electron chi connectivity index (χ3n) is 4.81. The highest BCUT2D eigenvalue weighted by Crippen LogP contribution is 2.23. The third kappa shape index (κ3) is 4.42. The number of carbonyl (C=O) groups is 2. The van der Waals surface area contributed by atoms with Crippen molar-refractivity contribution in [3.63, 3.8) is 0 Å². The maximum Gasteiger partial charge on any atom is 0.318 e. The summed E-state index contributed by atoms with van der Waals surface area (Å²) in [6.07, 6.45) is 0.310. The summed E-state index contributed by atoms with van der Waals surface area (Å²) in [5.74, 6) is 0.00447. The normalized spacial score (nSPS) is 21.7. The van der Waals surface area contributed by atoms with E-state index in [2.05, 4.69) is 5.32 Å². The molecule has 2 aliphatic rings. The molecule has 7 nitrogen and oxygen atoms in total. The number of rotatable bonds is 4. The van der Waals surface area contributed by atoms with E-state index < -0.39 is 0 Å². The lowest BCUT2D eigenvalue weighted by Gasteiger charge is -2.32. The lowest BCUT2D eigenvalue weighted by molar-refractivity contribution is -0.904. The molecule has 2 saturated heterocycles. The Hall–Kier alpha value is -1.83. The molecule has 2 aliphatic heterocycles. The number of halogens is 1. The maximum atomic E-state index is 12.4. The zero-order valence-corrected chi connectivity index (χ0v) is 14.8. The number of quaternary nitrogens is 1. The van der Waals surface area contributed by atoms with Gasteiger partial charge in [0, 0.05) is 23.7 Å². The van der Waals surface area contributed by atoms with Gasteiger partial charge in [0.2, 0.25) is 5.91 Å². The predicted molar refractivity (Wildman–Crippen MR) is 95.0 cm³/mol. The minimum Gasteiger partial charge on any atom is -0.391 e. The molecule has 2 heterocycles.